The van der Waals surface area contributed by atoms with E-state index in [0.29, 0.717) is 30.0 Å². The molecule has 1 aliphatic heterocycles. The number of nitrogens with two attached hydrogens (primary N) is 1. The van der Waals surface area contributed by atoms with Crippen molar-refractivity contribution >= 4 is 32.5 Å². The average Bonchev–Trinajstić information content (AvgIpc) is 3.28. The van der Waals surface area contributed by atoms with E-state index >= 15 is 0 Å². The molecule has 2 heterocycles. The lowest BCUT2D eigenvalue weighted by Crippen LogP contribution is -2.50. The highest BCUT2D eigenvalue weighted by Gasteiger charge is 2.34. The molecule has 1 aromatic heterocycles. The number of aromatic nitrogens is 2. The van der Waals surface area contributed by atoms with Crippen LogP contribution in [-0.2, 0) is 19.6 Å². The van der Waals surface area contributed by atoms with Crippen molar-refractivity contribution in [2.24, 2.45) is 5.14 Å². The number of aromatic amines is 1. The third-order valence-corrected chi connectivity index (χ3v) is 7.72. The van der Waals surface area contributed by atoms with Crippen LogP contribution in [0.25, 0.3) is 22.2 Å². The van der Waals surface area contributed by atoms with Crippen LogP contribution >= 0.6 is 0 Å². The number of H-pyrrole nitrogens is 1. The molecule has 9 nitrogen and oxygen atoms in total. The van der Waals surface area contributed by atoms with Crippen molar-refractivity contribution in [2.75, 3.05) is 18.4 Å². The SMILES string of the molecule is Cc1ccccc1C(C(=O)Nc1ccc2[nH]nc(-c3cccc(S(N)(=O)=O)c3)c2c1)N1C[C@@H](C)O[C@@H](C)C1. The third kappa shape index (κ3) is 5.34. The Hall–Kier alpha value is -3.57. The van der Waals surface area contributed by atoms with Crippen molar-refractivity contribution in [3.63, 3.8) is 0 Å². The number of hydrogen-bond acceptors (Lipinski definition) is 6. The molecule has 38 heavy (non-hydrogen) atoms. The molecule has 5 rings (SSSR count). The van der Waals surface area contributed by atoms with Gasteiger partial charge >= 0.3 is 0 Å². The molecule has 0 bridgehead atoms. The van der Waals surface area contributed by atoms with E-state index in [4.69, 9.17) is 9.88 Å². The summed E-state index contributed by atoms with van der Waals surface area (Å²) in [5, 5.41) is 16.6. The van der Waals surface area contributed by atoms with Crippen molar-refractivity contribution in [3.05, 3.63) is 77.9 Å². The lowest BCUT2D eigenvalue weighted by molar-refractivity contribution is -0.128. The highest BCUT2D eigenvalue weighted by atomic mass is 32.2. The number of aryl methyl sites for hydroxylation is 1. The van der Waals surface area contributed by atoms with Gasteiger partial charge in [0.15, 0.2) is 0 Å². The maximum atomic E-state index is 13.9. The van der Waals surface area contributed by atoms with Gasteiger partial charge < -0.3 is 10.1 Å². The Bertz CT molecular complexity index is 1590. The largest absolute Gasteiger partial charge is 0.373 e. The van der Waals surface area contributed by atoms with Gasteiger partial charge in [-0.3, -0.25) is 14.8 Å². The Morgan fingerprint density at radius 1 is 1.08 bits per heavy atom. The quantitative estimate of drug-likeness (QED) is 0.344. The average molecular weight is 534 g/mol. The molecule has 0 saturated carbocycles. The van der Waals surface area contributed by atoms with E-state index in [1.807, 2.05) is 63.2 Å². The lowest BCUT2D eigenvalue weighted by atomic mass is 9.97. The number of anilines is 1. The molecule has 1 saturated heterocycles. The minimum absolute atomic E-state index is 0.00523. The van der Waals surface area contributed by atoms with E-state index < -0.39 is 16.1 Å². The Morgan fingerprint density at radius 2 is 1.82 bits per heavy atom. The van der Waals surface area contributed by atoms with Gasteiger partial charge in [0.05, 0.1) is 22.6 Å². The summed E-state index contributed by atoms with van der Waals surface area (Å²) in [5.74, 6) is -0.138. The number of nitrogens with zero attached hydrogens (tertiary/aromatic N) is 2. The van der Waals surface area contributed by atoms with Crippen LogP contribution < -0.4 is 10.5 Å². The number of benzene rings is 3. The summed E-state index contributed by atoms with van der Waals surface area (Å²) < 4.78 is 29.6. The molecule has 4 aromatic rings. The van der Waals surface area contributed by atoms with Gasteiger partial charge in [0.25, 0.3) is 0 Å². The molecule has 0 spiro atoms. The van der Waals surface area contributed by atoms with Crippen LogP contribution in [0.2, 0.25) is 0 Å². The highest BCUT2D eigenvalue weighted by Crippen LogP contribution is 2.32. The summed E-state index contributed by atoms with van der Waals surface area (Å²) in [7, 11) is -3.86. The number of nitrogens with one attached hydrogen (secondary N) is 2. The zero-order valence-electron chi connectivity index (χ0n) is 21.5. The van der Waals surface area contributed by atoms with E-state index in [9.17, 15) is 13.2 Å². The first-order valence-corrected chi connectivity index (χ1v) is 14.0. The molecule has 198 valence electrons. The predicted octanol–water partition coefficient (Wildman–Crippen LogP) is 3.97. The van der Waals surface area contributed by atoms with E-state index in [1.165, 1.54) is 12.1 Å². The summed E-state index contributed by atoms with van der Waals surface area (Å²) in [6.45, 7) is 7.34. The van der Waals surface area contributed by atoms with Crippen molar-refractivity contribution < 1.29 is 17.9 Å². The number of carbonyl (C=O) groups excluding carboxylic acids is 1. The van der Waals surface area contributed by atoms with Crippen LogP contribution in [0.1, 0.15) is 31.0 Å². The molecule has 3 aromatic carbocycles. The molecule has 1 amide bonds. The first kappa shape index (κ1) is 26.1. The summed E-state index contributed by atoms with van der Waals surface area (Å²) in [4.78, 5) is 16.0. The standard InChI is InChI=1S/C28H31N5O4S/c1-17-7-4-5-10-23(17)27(33-15-18(2)37-19(3)16-33)28(34)30-21-11-12-25-24(14-21)26(32-31-25)20-8-6-9-22(13-20)38(29,35)36/h4-14,18-19,27H,15-16H2,1-3H3,(H,30,34)(H,31,32)(H2,29,35,36)/t18-,19+,27?. The van der Waals surface area contributed by atoms with Crippen molar-refractivity contribution in [1.29, 1.82) is 0 Å². The minimum atomic E-state index is -3.86. The molecule has 3 atom stereocenters. The van der Waals surface area contributed by atoms with Gasteiger partial charge in [0, 0.05) is 29.7 Å². The first-order chi connectivity index (χ1) is 18.1. The number of morpholine rings is 1. The Balaban J connectivity index is 1.49. The number of primary sulfonamides is 1. The molecular weight excluding hydrogens is 502 g/mol. The highest BCUT2D eigenvalue weighted by molar-refractivity contribution is 7.89. The van der Waals surface area contributed by atoms with Crippen LogP contribution in [0.4, 0.5) is 5.69 Å². The van der Waals surface area contributed by atoms with Crippen molar-refractivity contribution in [2.45, 2.75) is 43.9 Å². The number of carbonyl (C=O) groups is 1. The van der Waals surface area contributed by atoms with Gasteiger partial charge in [0.2, 0.25) is 15.9 Å². The molecule has 1 unspecified atom stereocenters. The Morgan fingerprint density at radius 3 is 2.53 bits per heavy atom. The van der Waals surface area contributed by atoms with Crippen molar-refractivity contribution in [3.8, 4) is 11.3 Å². The normalized spacial score (nSPS) is 19.4. The number of amides is 1. The summed E-state index contributed by atoms with van der Waals surface area (Å²) in [6, 6.07) is 19.3. The first-order valence-electron chi connectivity index (χ1n) is 12.5. The third-order valence-electron chi connectivity index (χ3n) is 6.81. The zero-order valence-corrected chi connectivity index (χ0v) is 22.3. The van der Waals surface area contributed by atoms with Crippen LogP contribution in [0.5, 0.6) is 0 Å². The molecule has 0 aliphatic carbocycles. The number of fused-ring (bicyclic) bond motifs is 1. The topological polar surface area (TPSA) is 130 Å². The van der Waals surface area contributed by atoms with Gasteiger partial charge in [-0.05, 0) is 62.2 Å². The van der Waals surface area contributed by atoms with Crippen molar-refractivity contribution in [1.82, 2.24) is 15.1 Å². The van der Waals surface area contributed by atoms with Crippen LogP contribution in [0.15, 0.2) is 71.6 Å². The Kier molecular flexibility index (Phi) is 7.06. The maximum absolute atomic E-state index is 13.9. The smallest absolute Gasteiger partial charge is 0.246 e. The molecule has 10 heteroatoms. The maximum Gasteiger partial charge on any atom is 0.246 e. The monoisotopic (exact) mass is 533 g/mol. The molecule has 1 fully saturated rings. The van der Waals surface area contributed by atoms with Gasteiger partial charge in [-0.25, -0.2) is 13.6 Å². The zero-order chi connectivity index (χ0) is 27.0. The molecule has 4 N–H and O–H groups in total. The second-order valence-electron chi connectivity index (χ2n) is 9.87. The second-order valence-corrected chi connectivity index (χ2v) is 11.4. The van der Waals surface area contributed by atoms with E-state index in [1.54, 1.807) is 12.1 Å². The molecular formula is C28H31N5O4S. The number of hydrogen-bond donors (Lipinski definition) is 3. The van der Waals surface area contributed by atoms with Gasteiger partial charge in [-0.1, -0.05) is 36.4 Å². The van der Waals surface area contributed by atoms with E-state index in [-0.39, 0.29) is 23.0 Å². The summed E-state index contributed by atoms with van der Waals surface area (Å²) >= 11 is 0. The fourth-order valence-electron chi connectivity index (χ4n) is 5.17. The number of sulfonamides is 1. The van der Waals surface area contributed by atoms with Gasteiger partial charge in [-0.2, -0.15) is 5.10 Å². The molecule has 1 aliphatic rings. The second kappa shape index (κ2) is 10.3. The summed E-state index contributed by atoms with van der Waals surface area (Å²) in [6.07, 6.45) is 0.0204. The van der Waals surface area contributed by atoms with Crippen LogP contribution in [0.3, 0.4) is 0 Å². The van der Waals surface area contributed by atoms with E-state index in [2.05, 4.69) is 20.4 Å². The fraction of sp³-hybridized carbons (Fsp3) is 0.286. The fourth-order valence-corrected chi connectivity index (χ4v) is 5.73. The van der Waals surface area contributed by atoms with Gasteiger partial charge in [0.1, 0.15) is 11.7 Å². The molecule has 0 radical (unpaired) electrons. The lowest BCUT2D eigenvalue weighted by Gasteiger charge is -2.40. The number of rotatable bonds is 6. The van der Waals surface area contributed by atoms with Crippen LogP contribution in [-0.4, -0.2) is 54.7 Å². The van der Waals surface area contributed by atoms with E-state index in [0.717, 1.165) is 22.0 Å². The van der Waals surface area contributed by atoms with Crippen LogP contribution in [0, 0.1) is 6.92 Å². The minimum Gasteiger partial charge on any atom is -0.373 e. The summed E-state index contributed by atoms with van der Waals surface area (Å²) in [5.41, 5.74) is 4.53. The van der Waals surface area contributed by atoms with Gasteiger partial charge in [-0.15, -0.1) is 0 Å². The predicted molar refractivity (Wildman–Crippen MR) is 147 cm³/mol. The Labute approximate surface area is 222 Å². The number of ether oxygens (including phenoxy) is 1.